The van der Waals surface area contributed by atoms with Crippen molar-refractivity contribution < 1.29 is 4.74 Å². The van der Waals surface area contributed by atoms with Gasteiger partial charge in [-0.3, -0.25) is 0 Å². The Morgan fingerprint density at radius 2 is 1.95 bits per heavy atom. The minimum absolute atomic E-state index is 0.542. The highest BCUT2D eigenvalue weighted by Crippen LogP contribution is 2.31. The van der Waals surface area contributed by atoms with Crippen LogP contribution in [0.15, 0.2) is 24.3 Å². The minimum Gasteiger partial charge on any atom is -0.437 e. The number of anilines is 1. The Labute approximate surface area is 124 Å². The van der Waals surface area contributed by atoms with E-state index < -0.39 is 0 Å². The summed E-state index contributed by atoms with van der Waals surface area (Å²) < 4.78 is 5.85. The Morgan fingerprint density at radius 3 is 2.60 bits per heavy atom. The molecular weight excluding hydrogens is 274 g/mol. The number of nitrogens with zero attached hydrogens (tertiary/aromatic N) is 2. The van der Waals surface area contributed by atoms with Gasteiger partial charge in [0, 0.05) is 13.0 Å². The number of aryl methyl sites for hydroxylation is 1. The Kier molecular flexibility index (Phi) is 4.79. The van der Waals surface area contributed by atoms with Crippen LogP contribution < -0.4 is 10.1 Å². The Hall–Kier alpha value is -1.81. The molecule has 0 bridgehead atoms. The second-order valence-corrected chi connectivity index (χ2v) is 4.74. The van der Waals surface area contributed by atoms with E-state index in [-0.39, 0.29) is 0 Å². The number of ether oxygens (including phenoxy) is 1. The average molecular weight is 292 g/mol. The van der Waals surface area contributed by atoms with Gasteiger partial charge in [-0.2, -0.15) is 4.98 Å². The topological polar surface area (TPSA) is 47.0 Å². The number of aromatic nitrogens is 2. The van der Waals surface area contributed by atoms with Crippen molar-refractivity contribution in [2.75, 3.05) is 11.9 Å². The molecule has 0 amide bonds. The first-order chi connectivity index (χ1) is 9.65. The smallest absolute Gasteiger partial charge is 0.227 e. The zero-order chi connectivity index (χ0) is 14.5. The number of rotatable bonds is 5. The van der Waals surface area contributed by atoms with Crippen LogP contribution in [0.5, 0.6) is 11.6 Å². The maximum absolute atomic E-state index is 6.12. The third-order valence-electron chi connectivity index (χ3n) is 2.85. The van der Waals surface area contributed by atoms with E-state index in [2.05, 4.69) is 15.3 Å². The summed E-state index contributed by atoms with van der Waals surface area (Å²) in [4.78, 5) is 8.91. The Bertz CT molecular complexity index is 602. The number of para-hydroxylation sites is 1. The van der Waals surface area contributed by atoms with Crippen molar-refractivity contribution in [3.63, 3.8) is 0 Å². The van der Waals surface area contributed by atoms with Crippen molar-refractivity contribution in [3.05, 3.63) is 40.7 Å². The molecule has 1 aromatic carbocycles. The van der Waals surface area contributed by atoms with Crippen LogP contribution in [-0.4, -0.2) is 16.5 Å². The number of nitrogens with one attached hydrogen (secondary N) is 1. The number of hydrogen-bond donors (Lipinski definition) is 1. The van der Waals surface area contributed by atoms with Crippen LogP contribution in [0, 0.1) is 6.92 Å². The summed E-state index contributed by atoms with van der Waals surface area (Å²) in [5, 5.41) is 3.79. The van der Waals surface area contributed by atoms with E-state index in [0.717, 1.165) is 30.2 Å². The monoisotopic (exact) mass is 291 g/mol. The van der Waals surface area contributed by atoms with Gasteiger partial charge in [0.1, 0.15) is 17.4 Å². The van der Waals surface area contributed by atoms with Crippen molar-refractivity contribution >= 4 is 17.4 Å². The predicted octanol–water partition coefficient (Wildman–Crippen LogP) is 4.22. The molecule has 1 N–H and O–H groups in total. The van der Waals surface area contributed by atoms with E-state index in [1.165, 1.54) is 0 Å². The molecule has 0 saturated heterocycles. The van der Waals surface area contributed by atoms with Gasteiger partial charge in [0.15, 0.2) is 0 Å². The van der Waals surface area contributed by atoms with Gasteiger partial charge in [0.05, 0.1) is 10.6 Å². The van der Waals surface area contributed by atoms with Crippen LogP contribution >= 0.6 is 11.6 Å². The summed E-state index contributed by atoms with van der Waals surface area (Å²) in [6.07, 6.45) is 0.748. The van der Waals surface area contributed by atoms with Crippen LogP contribution in [-0.2, 0) is 6.42 Å². The van der Waals surface area contributed by atoms with Crippen LogP contribution in [0.25, 0.3) is 0 Å². The molecule has 20 heavy (non-hydrogen) atoms. The second-order valence-electron chi connectivity index (χ2n) is 4.33. The number of benzene rings is 1. The summed E-state index contributed by atoms with van der Waals surface area (Å²) in [5.41, 5.74) is 0.879. The highest BCUT2D eigenvalue weighted by molar-refractivity contribution is 6.32. The van der Waals surface area contributed by atoms with E-state index in [9.17, 15) is 0 Å². The molecule has 2 rings (SSSR count). The zero-order valence-electron chi connectivity index (χ0n) is 11.9. The fourth-order valence-electron chi connectivity index (χ4n) is 1.77. The lowest BCUT2D eigenvalue weighted by atomic mass is 10.3. The molecule has 1 heterocycles. The minimum atomic E-state index is 0.542. The first-order valence-corrected chi connectivity index (χ1v) is 7.07. The third kappa shape index (κ3) is 3.20. The second kappa shape index (κ2) is 6.57. The van der Waals surface area contributed by atoms with Crippen LogP contribution in [0.1, 0.15) is 25.2 Å². The molecule has 1 aromatic heterocycles. The van der Waals surface area contributed by atoms with Crippen LogP contribution in [0.2, 0.25) is 5.02 Å². The number of hydrogen-bond acceptors (Lipinski definition) is 4. The first-order valence-electron chi connectivity index (χ1n) is 6.69. The quantitative estimate of drug-likeness (QED) is 0.896. The molecule has 0 aliphatic rings. The predicted molar refractivity (Wildman–Crippen MR) is 81.8 cm³/mol. The molecule has 0 spiro atoms. The molecule has 0 saturated carbocycles. The van der Waals surface area contributed by atoms with E-state index in [1.54, 1.807) is 6.07 Å². The lowest BCUT2D eigenvalue weighted by Gasteiger charge is -2.13. The van der Waals surface area contributed by atoms with Crippen molar-refractivity contribution in [3.8, 4) is 11.6 Å². The van der Waals surface area contributed by atoms with Crippen molar-refractivity contribution in [1.29, 1.82) is 0 Å². The summed E-state index contributed by atoms with van der Waals surface area (Å²) >= 11 is 6.12. The molecule has 106 valence electrons. The summed E-state index contributed by atoms with van der Waals surface area (Å²) in [5.74, 6) is 2.69. The standard InChI is InChI=1S/C15H18ClN3O/c1-4-13-18-14(17-5-2)10(3)15(19-13)20-12-9-7-6-8-11(12)16/h6-9H,4-5H2,1-3H3,(H,17,18,19). The van der Waals surface area contributed by atoms with Gasteiger partial charge in [-0.25, -0.2) is 4.98 Å². The van der Waals surface area contributed by atoms with Gasteiger partial charge in [-0.1, -0.05) is 30.7 Å². The molecule has 0 radical (unpaired) electrons. The molecule has 0 aliphatic heterocycles. The maximum atomic E-state index is 6.12. The van der Waals surface area contributed by atoms with E-state index >= 15 is 0 Å². The Balaban J connectivity index is 2.40. The molecule has 0 fully saturated rings. The maximum Gasteiger partial charge on any atom is 0.227 e. The van der Waals surface area contributed by atoms with Gasteiger partial charge >= 0.3 is 0 Å². The molecular formula is C15H18ClN3O. The van der Waals surface area contributed by atoms with Crippen LogP contribution in [0.4, 0.5) is 5.82 Å². The van der Waals surface area contributed by atoms with E-state index in [0.29, 0.717) is 16.7 Å². The molecule has 0 aliphatic carbocycles. The molecule has 0 atom stereocenters. The van der Waals surface area contributed by atoms with Crippen molar-refractivity contribution in [2.24, 2.45) is 0 Å². The third-order valence-corrected chi connectivity index (χ3v) is 3.16. The van der Waals surface area contributed by atoms with Crippen molar-refractivity contribution in [2.45, 2.75) is 27.2 Å². The highest BCUT2D eigenvalue weighted by atomic mass is 35.5. The highest BCUT2D eigenvalue weighted by Gasteiger charge is 2.13. The fourth-order valence-corrected chi connectivity index (χ4v) is 1.94. The van der Waals surface area contributed by atoms with Crippen molar-refractivity contribution in [1.82, 2.24) is 9.97 Å². The summed E-state index contributed by atoms with van der Waals surface area (Å²) in [6.45, 7) is 6.78. The Morgan fingerprint density at radius 1 is 1.20 bits per heavy atom. The van der Waals surface area contributed by atoms with E-state index in [4.69, 9.17) is 16.3 Å². The molecule has 4 nitrogen and oxygen atoms in total. The normalized spacial score (nSPS) is 10.4. The largest absolute Gasteiger partial charge is 0.437 e. The molecule has 2 aromatic rings. The summed E-state index contributed by atoms with van der Waals surface area (Å²) in [7, 11) is 0. The number of halogens is 1. The van der Waals surface area contributed by atoms with Crippen LogP contribution in [0.3, 0.4) is 0 Å². The lowest BCUT2D eigenvalue weighted by Crippen LogP contribution is -2.07. The molecule has 5 heteroatoms. The van der Waals surface area contributed by atoms with Gasteiger partial charge in [0.2, 0.25) is 5.88 Å². The average Bonchev–Trinajstić information content (AvgIpc) is 2.45. The van der Waals surface area contributed by atoms with Gasteiger partial charge < -0.3 is 10.1 Å². The fraction of sp³-hybridized carbons (Fsp3) is 0.333. The van der Waals surface area contributed by atoms with E-state index in [1.807, 2.05) is 39.0 Å². The SMILES string of the molecule is CCNc1nc(CC)nc(Oc2ccccc2Cl)c1C. The summed E-state index contributed by atoms with van der Waals surface area (Å²) in [6, 6.07) is 7.36. The van der Waals surface area contributed by atoms with Gasteiger partial charge in [-0.15, -0.1) is 0 Å². The zero-order valence-corrected chi connectivity index (χ0v) is 12.7. The van der Waals surface area contributed by atoms with Gasteiger partial charge in [0.25, 0.3) is 0 Å². The first kappa shape index (κ1) is 14.6. The lowest BCUT2D eigenvalue weighted by molar-refractivity contribution is 0.455. The molecule has 0 unspecified atom stereocenters. The van der Waals surface area contributed by atoms with Gasteiger partial charge in [-0.05, 0) is 26.0 Å².